The zero-order chi connectivity index (χ0) is 14.5. The molecule has 2 aromatic rings. The number of rotatable bonds is 6. The molecule has 1 aromatic heterocycles. The molecule has 1 amide bonds. The van der Waals surface area contributed by atoms with Crippen LogP contribution in [0.25, 0.3) is 10.9 Å². The Balaban J connectivity index is 2.10. The molecule has 0 saturated carbocycles. The fourth-order valence-electron chi connectivity index (χ4n) is 1.82. The lowest BCUT2D eigenvalue weighted by molar-refractivity contribution is -0.139. The van der Waals surface area contributed by atoms with Crippen molar-refractivity contribution < 1.29 is 14.7 Å². The van der Waals surface area contributed by atoms with Gasteiger partial charge in [-0.15, -0.1) is 0 Å². The van der Waals surface area contributed by atoms with E-state index in [1.165, 1.54) is 0 Å². The molecule has 0 fully saturated rings. The first kappa shape index (κ1) is 14.4. The lowest BCUT2D eigenvalue weighted by Gasteiger charge is -2.13. The zero-order valence-corrected chi connectivity index (χ0v) is 11.7. The molecule has 0 radical (unpaired) electrons. The summed E-state index contributed by atoms with van der Waals surface area (Å²) in [5, 5.41) is 19.1. The Bertz CT molecular complexity index is 626. The van der Waals surface area contributed by atoms with Crippen LogP contribution in [0.4, 0.5) is 0 Å². The normalized spacial score (nSPS) is 12.2. The van der Waals surface area contributed by atoms with E-state index in [4.69, 9.17) is 5.11 Å². The SMILES string of the molecule is CSCCC(NC(=O)c1ccc2[nH]ncc2c1)C(=O)O. The summed E-state index contributed by atoms with van der Waals surface area (Å²) in [6.07, 6.45) is 3.91. The highest BCUT2D eigenvalue weighted by molar-refractivity contribution is 7.98. The minimum atomic E-state index is -1.02. The van der Waals surface area contributed by atoms with Crippen LogP contribution >= 0.6 is 11.8 Å². The molecule has 1 unspecified atom stereocenters. The maximum atomic E-state index is 12.1. The van der Waals surface area contributed by atoms with Gasteiger partial charge in [-0.1, -0.05) is 0 Å². The molecule has 1 heterocycles. The van der Waals surface area contributed by atoms with Gasteiger partial charge in [0, 0.05) is 10.9 Å². The van der Waals surface area contributed by atoms with Crippen molar-refractivity contribution in [3.05, 3.63) is 30.0 Å². The molecule has 1 aromatic carbocycles. The molecule has 3 N–H and O–H groups in total. The quantitative estimate of drug-likeness (QED) is 0.750. The average Bonchev–Trinajstić information content (AvgIpc) is 2.90. The number of aromatic nitrogens is 2. The smallest absolute Gasteiger partial charge is 0.326 e. The summed E-state index contributed by atoms with van der Waals surface area (Å²) in [5.74, 6) is -0.726. The second-order valence-electron chi connectivity index (χ2n) is 4.32. The van der Waals surface area contributed by atoms with Crippen LogP contribution in [0.3, 0.4) is 0 Å². The number of carboxylic acids is 1. The number of nitrogens with zero attached hydrogens (tertiary/aromatic N) is 1. The number of carbonyl (C=O) groups is 2. The van der Waals surface area contributed by atoms with Crippen LogP contribution in [-0.4, -0.2) is 45.2 Å². The molecule has 7 heteroatoms. The van der Waals surface area contributed by atoms with Crippen LogP contribution in [0.2, 0.25) is 0 Å². The van der Waals surface area contributed by atoms with Crippen LogP contribution < -0.4 is 5.32 Å². The van der Waals surface area contributed by atoms with Gasteiger partial charge in [-0.3, -0.25) is 9.89 Å². The number of hydrogen-bond donors (Lipinski definition) is 3. The van der Waals surface area contributed by atoms with E-state index in [0.717, 1.165) is 10.9 Å². The van der Waals surface area contributed by atoms with Gasteiger partial charge in [-0.25, -0.2) is 4.79 Å². The van der Waals surface area contributed by atoms with Crippen molar-refractivity contribution in [2.75, 3.05) is 12.0 Å². The Kier molecular flexibility index (Phi) is 4.62. The molecule has 0 aliphatic heterocycles. The molecule has 0 aliphatic carbocycles. The van der Waals surface area contributed by atoms with Crippen LogP contribution in [0.5, 0.6) is 0 Å². The Morgan fingerprint density at radius 3 is 3.00 bits per heavy atom. The second kappa shape index (κ2) is 6.42. The van der Waals surface area contributed by atoms with E-state index < -0.39 is 12.0 Å². The van der Waals surface area contributed by atoms with E-state index in [0.29, 0.717) is 17.7 Å². The summed E-state index contributed by atoms with van der Waals surface area (Å²) in [5.41, 5.74) is 1.26. The van der Waals surface area contributed by atoms with Crippen molar-refractivity contribution in [1.29, 1.82) is 0 Å². The molecular weight excluding hydrogens is 278 g/mol. The lowest BCUT2D eigenvalue weighted by atomic mass is 10.1. The van der Waals surface area contributed by atoms with Crippen molar-refractivity contribution in [3.8, 4) is 0 Å². The van der Waals surface area contributed by atoms with Gasteiger partial charge < -0.3 is 10.4 Å². The van der Waals surface area contributed by atoms with Crippen LogP contribution in [0.15, 0.2) is 24.4 Å². The minimum Gasteiger partial charge on any atom is -0.480 e. The Hall–Kier alpha value is -2.02. The third kappa shape index (κ3) is 3.30. The third-order valence-corrected chi connectivity index (χ3v) is 3.56. The molecule has 0 aliphatic rings. The largest absolute Gasteiger partial charge is 0.480 e. The summed E-state index contributed by atoms with van der Waals surface area (Å²) < 4.78 is 0. The highest BCUT2D eigenvalue weighted by atomic mass is 32.2. The summed E-state index contributed by atoms with van der Waals surface area (Å²) >= 11 is 1.55. The maximum absolute atomic E-state index is 12.1. The van der Waals surface area contributed by atoms with E-state index in [1.807, 2.05) is 6.26 Å². The van der Waals surface area contributed by atoms with E-state index in [1.54, 1.807) is 36.2 Å². The number of carboxylic acid groups (broad SMARTS) is 1. The molecule has 20 heavy (non-hydrogen) atoms. The third-order valence-electron chi connectivity index (χ3n) is 2.92. The van der Waals surface area contributed by atoms with Crippen molar-refractivity contribution in [2.24, 2.45) is 0 Å². The summed E-state index contributed by atoms with van der Waals surface area (Å²) in [4.78, 5) is 23.2. The standard InChI is InChI=1S/C13H15N3O3S/c1-20-5-4-11(13(18)19)15-12(17)8-2-3-10-9(6-8)7-14-16-10/h2-3,6-7,11H,4-5H2,1H3,(H,14,16)(H,15,17)(H,18,19). The first-order chi connectivity index (χ1) is 9.61. The number of thioether (sulfide) groups is 1. The maximum Gasteiger partial charge on any atom is 0.326 e. The molecule has 0 bridgehead atoms. The van der Waals surface area contributed by atoms with Crippen molar-refractivity contribution in [2.45, 2.75) is 12.5 Å². The number of nitrogens with one attached hydrogen (secondary N) is 2. The first-order valence-electron chi connectivity index (χ1n) is 6.07. The zero-order valence-electron chi connectivity index (χ0n) is 10.9. The van der Waals surface area contributed by atoms with Crippen LogP contribution in [-0.2, 0) is 4.79 Å². The first-order valence-corrected chi connectivity index (χ1v) is 7.47. The molecule has 0 spiro atoms. The van der Waals surface area contributed by atoms with Crippen molar-refractivity contribution in [1.82, 2.24) is 15.5 Å². The number of amides is 1. The van der Waals surface area contributed by atoms with Gasteiger partial charge >= 0.3 is 5.97 Å². The molecule has 106 valence electrons. The van der Waals surface area contributed by atoms with Gasteiger partial charge in [0.2, 0.25) is 0 Å². The number of benzene rings is 1. The summed E-state index contributed by atoms with van der Waals surface area (Å²) in [6, 6.07) is 4.20. The Morgan fingerprint density at radius 1 is 1.50 bits per heavy atom. The molecule has 2 rings (SSSR count). The van der Waals surface area contributed by atoms with Gasteiger partial charge in [0.25, 0.3) is 5.91 Å². The highest BCUT2D eigenvalue weighted by Gasteiger charge is 2.20. The number of fused-ring (bicyclic) bond motifs is 1. The summed E-state index contributed by atoms with van der Waals surface area (Å²) in [7, 11) is 0. The van der Waals surface area contributed by atoms with E-state index in [2.05, 4.69) is 15.5 Å². The lowest BCUT2D eigenvalue weighted by Crippen LogP contribution is -2.41. The van der Waals surface area contributed by atoms with Crippen molar-refractivity contribution >= 4 is 34.5 Å². The predicted molar refractivity (Wildman–Crippen MR) is 78.0 cm³/mol. The van der Waals surface area contributed by atoms with E-state index in [9.17, 15) is 9.59 Å². The van der Waals surface area contributed by atoms with E-state index in [-0.39, 0.29) is 5.91 Å². The Morgan fingerprint density at radius 2 is 2.30 bits per heavy atom. The van der Waals surface area contributed by atoms with Gasteiger partial charge in [0.05, 0.1) is 11.7 Å². The van der Waals surface area contributed by atoms with Crippen LogP contribution in [0.1, 0.15) is 16.8 Å². The van der Waals surface area contributed by atoms with Gasteiger partial charge in [-0.05, 0) is 36.6 Å². The topological polar surface area (TPSA) is 95.1 Å². The fourth-order valence-corrected chi connectivity index (χ4v) is 2.29. The van der Waals surface area contributed by atoms with Crippen LogP contribution in [0, 0.1) is 0 Å². The fraction of sp³-hybridized carbons (Fsp3) is 0.308. The van der Waals surface area contributed by atoms with Gasteiger partial charge in [0.15, 0.2) is 0 Å². The van der Waals surface area contributed by atoms with Gasteiger partial charge in [0.1, 0.15) is 6.04 Å². The van der Waals surface area contributed by atoms with Crippen molar-refractivity contribution in [3.63, 3.8) is 0 Å². The molecule has 1 atom stereocenters. The van der Waals surface area contributed by atoms with Gasteiger partial charge in [-0.2, -0.15) is 16.9 Å². The highest BCUT2D eigenvalue weighted by Crippen LogP contribution is 2.13. The molecule has 0 saturated heterocycles. The number of H-pyrrole nitrogens is 1. The number of carbonyl (C=O) groups excluding carboxylic acids is 1. The minimum absolute atomic E-state index is 0.387. The monoisotopic (exact) mass is 293 g/mol. The summed E-state index contributed by atoms with van der Waals surface area (Å²) in [6.45, 7) is 0. The predicted octanol–water partition coefficient (Wildman–Crippen LogP) is 1.50. The molecule has 6 nitrogen and oxygen atoms in total. The number of aliphatic carboxylic acids is 1. The Labute approximate surface area is 119 Å². The number of hydrogen-bond acceptors (Lipinski definition) is 4. The van der Waals surface area contributed by atoms with E-state index >= 15 is 0 Å². The second-order valence-corrected chi connectivity index (χ2v) is 5.30. The average molecular weight is 293 g/mol. The molecular formula is C13H15N3O3S. The number of aromatic amines is 1.